The molecule has 2 heterocycles. The van der Waals surface area contributed by atoms with Gasteiger partial charge in [0.25, 0.3) is 0 Å². The van der Waals surface area contributed by atoms with Crippen molar-refractivity contribution in [3.63, 3.8) is 0 Å². The molecule has 32 heavy (non-hydrogen) atoms. The number of aliphatic hydroxyl groups is 1. The van der Waals surface area contributed by atoms with E-state index in [9.17, 15) is 19.8 Å². The molecule has 0 aliphatic heterocycles. The topological polar surface area (TPSA) is 104 Å². The van der Waals surface area contributed by atoms with E-state index in [4.69, 9.17) is 0 Å². The second kappa shape index (κ2) is 9.78. The lowest BCUT2D eigenvalue weighted by Crippen LogP contribution is -2.46. The summed E-state index contributed by atoms with van der Waals surface area (Å²) in [5, 5.41) is 22.0. The van der Waals surface area contributed by atoms with Crippen LogP contribution in [0.2, 0.25) is 0 Å². The largest absolute Gasteiger partial charge is 0.481 e. The number of carbonyl (C=O) groups is 2. The van der Waals surface area contributed by atoms with Crippen LogP contribution in [0.15, 0.2) is 67.3 Å². The van der Waals surface area contributed by atoms with E-state index >= 15 is 0 Å². The highest BCUT2D eigenvalue weighted by molar-refractivity contribution is 5.86. The van der Waals surface area contributed by atoms with E-state index in [0.29, 0.717) is 5.56 Å². The third-order valence-corrected chi connectivity index (χ3v) is 5.55. The Balaban J connectivity index is 1.74. The minimum atomic E-state index is -1.07. The van der Waals surface area contributed by atoms with Gasteiger partial charge in [-0.05, 0) is 52.4 Å². The molecule has 7 nitrogen and oxygen atoms in total. The van der Waals surface area contributed by atoms with Crippen molar-refractivity contribution in [2.24, 2.45) is 5.41 Å². The lowest BCUT2D eigenvalue weighted by atomic mass is 9.87. The number of aliphatic carboxylic acids is 1. The molecule has 0 fully saturated rings. The highest BCUT2D eigenvalue weighted by Crippen LogP contribution is 2.25. The Hall–Kier alpha value is -3.45. The summed E-state index contributed by atoms with van der Waals surface area (Å²) in [7, 11) is 0. The van der Waals surface area contributed by atoms with Crippen LogP contribution in [0.1, 0.15) is 38.7 Å². The van der Waals surface area contributed by atoms with Gasteiger partial charge < -0.3 is 20.1 Å². The molecule has 3 N–H and O–H groups in total. The van der Waals surface area contributed by atoms with E-state index in [1.54, 1.807) is 30.9 Å². The average Bonchev–Trinajstić information content (AvgIpc) is 3.25. The third kappa shape index (κ3) is 5.62. The van der Waals surface area contributed by atoms with Gasteiger partial charge in [-0.3, -0.25) is 14.6 Å². The first-order valence-corrected chi connectivity index (χ1v) is 10.5. The fourth-order valence-corrected chi connectivity index (χ4v) is 3.47. The molecule has 2 atom stereocenters. The van der Waals surface area contributed by atoms with E-state index in [0.717, 1.165) is 16.8 Å². The lowest BCUT2D eigenvalue weighted by molar-refractivity contribution is -0.141. The quantitative estimate of drug-likeness (QED) is 0.501. The number of nitrogens with one attached hydrogen (secondary N) is 1. The number of amides is 1. The summed E-state index contributed by atoms with van der Waals surface area (Å²) in [5.74, 6) is -2.45. The van der Waals surface area contributed by atoms with Gasteiger partial charge in [-0.15, -0.1) is 0 Å². The Morgan fingerprint density at radius 1 is 1.03 bits per heavy atom. The Kier molecular flexibility index (Phi) is 7.10. The second-order valence-electron chi connectivity index (χ2n) is 8.90. The van der Waals surface area contributed by atoms with E-state index in [-0.39, 0.29) is 18.4 Å². The Morgan fingerprint density at radius 3 is 2.22 bits per heavy atom. The zero-order valence-electron chi connectivity index (χ0n) is 18.5. The number of carboxylic acids is 1. The number of carboxylic acid groups (broad SMARTS) is 1. The molecular formula is C25H29N3O4. The van der Waals surface area contributed by atoms with Crippen molar-refractivity contribution in [3.05, 3.63) is 72.8 Å². The van der Waals surface area contributed by atoms with Crippen molar-refractivity contribution >= 4 is 11.9 Å². The number of benzene rings is 1. The van der Waals surface area contributed by atoms with Crippen molar-refractivity contribution in [3.8, 4) is 16.8 Å². The summed E-state index contributed by atoms with van der Waals surface area (Å²) in [5.41, 5.74) is 3.21. The predicted molar refractivity (Wildman–Crippen MR) is 122 cm³/mol. The van der Waals surface area contributed by atoms with Gasteiger partial charge in [0.1, 0.15) is 0 Å². The normalized spacial score (nSPS) is 13.4. The number of rotatable bonds is 8. The van der Waals surface area contributed by atoms with Crippen LogP contribution in [0, 0.1) is 5.41 Å². The van der Waals surface area contributed by atoms with Crippen molar-refractivity contribution in [2.75, 3.05) is 6.61 Å². The zero-order chi connectivity index (χ0) is 23.3. The van der Waals surface area contributed by atoms with Crippen LogP contribution in [-0.4, -0.2) is 44.3 Å². The number of aromatic nitrogens is 2. The van der Waals surface area contributed by atoms with Gasteiger partial charge in [0.05, 0.1) is 18.6 Å². The van der Waals surface area contributed by atoms with Gasteiger partial charge in [0.2, 0.25) is 5.91 Å². The first-order valence-electron chi connectivity index (χ1n) is 10.5. The van der Waals surface area contributed by atoms with Gasteiger partial charge in [-0.2, -0.15) is 0 Å². The van der Waals surface area contributed by atoms with Gasteiger partial charge in [0.15, 0.2) is 0 Å². The number of pyridine rings is 1. The molecule has 0 unspecified atom stereocenters. The molecular weight excluding hydrogens is 406 g/mol. The lowest BCUT2D eigenvalue weighted by Gasteiger charge is -2.30. The number of hydrogen-bond donors (Lipinski definition) is 3. The molecule has 0 aliphatic carbocycles. The molecule has 0 saturated heterocycles. The van der Waals surface area contributed by atoms with Gasteiger partial charge in [-0.1, -0.05) is 32.9 Å². The maximum absolute atomic E-state index is 12.5. The highest BCUT2D eigenvalue weighted by Gasteiger charge is 2.29. The number of nitrogens with zero attached hydrogens (tertiary/aromatic N) is 2. The molecule has 0 bridgehead atoms. The van der Waals surface area contributed by atoms with Crippen LogP contribution >= 0.6 is 0 Å². The van der Waals surface area contributed by atoms with Crippen LogP contribution in [0.4, 0.5) is 0 Å². The van der Waals surface area contributed by atoms with E-state index in [2.05, 4.69) is 10.3 Å². The van der Waals surface area contributed by atoms with Crippen LogP contribution < -0.4 is 5.32 Å². The first kappa shape index (κ1) is 23.2. The molecule has 1 aromatic carbocycles. The molecule has 3 aromatic rings. The molecule has 2 aromatic heterocycles. The number of aliphatic hydroxyl groups excluding tert-OH is 1. The van der Waals surface area contributed by atoms with Crippen LogP contribution in [-0.2, 0) is 9.59 Å². The predicted octanol–water partition coefficient (Wildman–Crippen LogP) is 3.62. The maximum atomic E-state index is 12.5. The minimum Gasteiger partial charge on any atom is -0.481 e. The zero-order valence-corrected chi connectivity index (χ0v) is 18.5. The Morgan fingerprint density at radius 2 is 1.66 bits per heavy atom. The first-order chi connectivity index (χ1) is 15.2. The van der Waals surface area contributed by atoms with Crippen LogP contribution in [0.3, 0.4) is 0 Å². The Bertz CT molecular complexity index is 1050. The highest BCUT2D eigenvalue weighted by atomic mass is 16.4. The number of hydrogen-bond acceptors (Lipinski definition) is 4. The Labute approximate surface area is 187 Å². The fourth-order valence-electron chi connectivity index (χ4n) is 3.47. The molecule has 1 amide bonds. The molecule has 7 heteroatoms. The summed E-state index contributed by atoms with van der Waals surface area (Å²) < 4.78 is 1.84. The summed E-state index contributed by atoms with van der Waals surface area (Å²) >= 11 is 0. The molecule has 0 spiro atoms. The molecule has 168 valence electrons. The summed E-state index contributed by atoms with van der Waals surface area (Å²) in [6.07, 6.45) is 6.81. The summed E-state index contributed by atoms with van der Waals surface area (Å²) in [6.45, 7) is 5.51. The summed E-state index contributed by atoms with van der Waals surface area (Å²) in [4.78, 5) is 28.4. The molecule has 0 saturated carbocycles. The third-order valence-electron chi connectivity index (χ3n) is 5.55. The monoisotopic (exact) mass is 435 g/mol. The van der Waals surface area contributed by atoms with E-state index in [1.165, 1.54) is 0 Å². The van der Waals surface area contributed by atoms with E-state index in [1.807, 2.05) is 61.7 Å². The van der Waals surface area contributed by atoms with Gasteiger partial charge in [-0.25, -0.2) is 0 Å². The standard InChI is InChI=1S/C25H29N3O4/c1-25(2,3)22(16-29)27-23(30)14-21(24(31)32)19-10-13-28(15-19)20-6-4-17(5-7-20)18-8-11-26-12-9-18/h4-13,15,21-22,29H,14,16H2,1-3H3,(H,27,30)(H,31,32)/t21-,22+/m0/s1. The molecule has 3 rings (SSSR count). The fraction of sp³-hybridized carbons (Fsp3) is 0.320. The molecule has 0 radical (unpaired) electrons. The smallest absolute Gasteiger partial charge is 0.311 e. The SMILES string of the molecule is CC(C)(C)[C@@H](CO)NC(=O)C[C@H](C(=O)O)c1ccn(-c2ccc(-c3ccncc3)cc2)c1. The van der Waals surface area contributed by atoms with Crippen LogP contribution in [0.5, 0.6) is 0 Å². The van der Waals surface area contributed by atoms with Crippen molar-refractivity contribution in [1.82, 2.24) is 14.9 Å². The maximum Gasteiger partial charge on any atom is 0.311 e. The van der Waals surface area contributed by atoms with Crippen LogP contribution in [0.25, 0.3) is 16.8 Å². The minimum absolute atomic E-state index is 0.201. The van der Waals surface area contributed by atoms with Gasteiger partial charge >= 0.3 is 5.97 Å². The van der Waals surface area contributed by atoms with E-state index < -0.39 is 23.8 Å². The second-order valence-corrected chi connectivity index (χ2v) is 8.90. The average molecular weight is 436 g/mol. The van der Waals surface area contributed by atoms with Crippen molar-refractivity contribution in [2.45, 2.75) is 39.2 Å². The molecule has 0 aliphatic rings. The number of carbonyl (C=O) groups excluding carboxylic acids is 1. The van der Waals surface area contributed by atoms with Crippen molar-refractivity contribution < 1.29 is 19.8 Å². The summed E-state index contributed by atoms with van der Waals surface area (Å²) in [6, 6.07) is 13.0. The van der Waals surface area contributed by atoms with Crippen molar-refractivity contribution in [1.29, 1.82) is 0 Å². The van der Waals surface area contributed by atoms with Gasteiger partial charge in [0, 0.05) is 36.9 Å².